The second-order valence-electron chi connectivity index (χ2n) is 7.31. The van der Waals surface area contributed by atoms with Gasteiger partial charge in [0, 0.05) is 24.4 Å². The Bertz CT molecular complexity index is 710. The largest absolute Gasteiger partial charge is 0.438 e. The quantitative estimate of drug-likeness (QED) is 0.630. The van der Waals surface area contributed by atoms with Crippen molar-refractivity contribution in [2.75, 3.05) is 13.1 Å². The minimum atomic E-state index is -0.477. The predicted octanol–water partition coefficient (Wildman–Crippen LogP) is 3.23. The first-order valence-corrected chi connectivity index (χ1v) is 9.50. The normalized spacial score (nSPS) is 16.9. The van der Waals surface area contributed by atoms with Crippen molar-refractivity contribution in [3.05, 3.63) is 23.5 Å². The van der Waals surface area contributed by atoms with Crippen LogP contribution in [-0.2, 0) is 4.74 Å². The molecule has 2 rings (SSSR count). The average Bonchev–Trinajstić information content (AvgIpc) is 3.13. The molecule has 1 atom stereocenters. The molecular weight excluding hydrogens is 350 g/mol. The molecule has 1 aromatic rings. The standard InChI is InChI=1S/C19H27N3O3S/c1-13(2)9-7-8-10-20-17(23)15-11-21-18(26-15)25-16-12-22(14(3)24-16)19(4,5)6/h11,13,16H,3,8,10,12H2,1-2,4-6H3,(H,20,23). The first kappa shape index (κ1) is 20.1. The first-order chi connectivity index (χ1) is 12.2. The van der Waals surface area contributed by atoms with Gasteiger partial charge in [-0.1, -0.05) is 25.2 Å². The van der Waals surface area contributed by atoms with Crippen molar-refractivity contribution in [3.63, 3.8) is 0 Å². The molecule has 26 heavy (non-hydrogen) atoms. The molecule has 1 N–H and O–H groups in total. The summed E-state index contributed by atoms with van der Waals surface area (Å²) >= 11 is 1.20. The molecule has 1 aromatic heterocycles. The van der Waals surface area contributed by atoms with Crippen LogP contribution in [0.4, 0.5) is 0 Å². The summed E-state index contributed by atoms with van der Waals surface area (Å²) in [6, 6.07) is 0. The van der Waals surface area contributed by atoms with E-state index < -0.39 is 6.29 Å². The molecule has 0 aromatic carbocycles. The average molecular weight is 378 g/mol. The van der Waals surface area contributed by atoms with Crippen LogP contribution in [0.1, 0.15) is 50.7 Å². The molecule has 1 unspecified atom stereocenters. The van der Waals surface area contributed by atoms with Gasteiger partial charge < -0.3 is 19.7 Å². The van der Waals surface area contributed by atoms with E-state index in [1.807, 2.05) is 18.7 Å². The van der Waals surface area contributed by atoms with E-state index in [0.717, 1.165) is 0 Å². The molecule has 0 spiro atoms. The number of nitrogens with zero attached hydrogens (tertiary/aromatic N) is 2. The maximum absolute atomic E-state index is 12.1. The molecule has 7 heteroatoms. The van der Waals surface area contributed by atoms with Crippen molar-refractivity contribution in [2.24, 2.45) is 5.92 Å². The van der Waals surface area contributed by atoms with Gasteiger partial charge in [0.2, 0.25) is 0 Å². The highest BCUT2D eigenvalue weighted by atomic mass is 32.1. The molecular formula is C19H27N3O3S. The molecule has 0 bridgehead atoms. The fraction of sp³-hybridized carbons (Fsp3) is 0.579. The summed E-state index contributed by atoms with van der Waals surface area (Å²) in [6.45, 7) is 15.3. The topological polar surface area (TPSA) is 63.7 Å². The number of hydrogen-bond acceptors (Lipinski definition) is 6. The second kappa shape index (κ2) is 8.45. The number of carbonyl (C=O) groups is 1. The zero-order valence-electron chi connectivity index (χ0n) is 16.1. The number of nitrogens with one attached hydrogen (secondary N) is 1. The van der Waals surface area contributed by atoms with Gasteiger partial charge in [-0.05, 0) is 27.4 Å². The Kier molecular flexibility index (Phi) is 6.54. The highest BCUT2D eigenvalue weighted by Crippen LogP contribution is 2.30. The summed E-state index contributed by atoms with van der Waals surface area (Å²) in [4.78, 5) is 18.8. The molecule has 1 fully saturated rings. The Balaban J connectivity index is 1.84. The number of aromatic nitrogens is 1. The van der Waals surface area contributed by atoms with E-state index in [1.54, 1.807) is 0 Å². The lowest BCUT2D eigenvalue weighted by Gasteiger charge is -2.31. The third-order valence-corrected chi connectivity index (χ3v) is 4.46. The fourth-order valence-corrected chi connectivity index (χ4v) is 3.06. The van der Waals surface area contributed by atoms with Crippen LogP contribution in [-0.4, -0.2) is 40.7 Å². The SMILES string of the molecule is C=C1OC(Oc2ncc(C(=O)NCCC#CC(C)C)s2)CN1C(C)(C)C. The Morgan fingerprint density at radius 1 is 1.58 bits per heavy atom. The Hall–Kier alpha value is -2.20. The number of rotatable bonds is 5. The lowest BCUT2D eigenvalue weighted by molar-refractivity contribution is -0.00479. The summed E-state index contributed by atoms with van der Waals surface area (Å²) in [7, 11) is 0. The van der Waals surface area contributed by atoms with Crippen molar-refractivity contribution in [3.8, 4) is 17.0 Å². The van der Waals surface area contributed by atoms with Crippen LogP contribution in [0.25, 0.3) is 0 Å². The predicted molar refractivity (Wildman–Crippen MR) is 103 cm³/mol. The Morgan fingerprint density at radius 2 is 2.31 bits per heavy atom. The van der Waals surface area contributed by atoms with Gasteiger partial charge in [0.25, 0.3) is 17.4 Å². The van der Waals surface area contributed by atoms with E-state index in [4.69, 9.17) is 9.47 Å². The molecule has 1 saturated heterocycles. The molecule has 6 nitrogen and oxygen atoms in total. The zero-order valence-corrected chi connectivity index (χ0v) is 16.9. The van der Waals surface area contributed by atoms with Gasteiger partial charge in [0.05, 0.1) is 12.7 Å². The maximum atomic E-state index is 12.1. The monoisotopic (exact) mass is 377 g/mol. The van der Waals surface area contributed by atoms with Crippen molar-refractivity contribution in [1.29, 1.82) is 0 Å². The molecule has 1 aliphatic heterocycles. The Morgan fingerprint density at radius 3 is 2.92 bits per heavy atom. The lowest BCUT2D eigenvalue weighted by atomic mass is 10.1. The van der Waals surface area contributed by atoms with Crippen molar-refractivity contribution >= 4 is 17.2 Å². The number of amides is 1. The molecule has 142 valence electrons. The smallest absolute Gasteiger partial charge is 0.277 e. The van der Waals surface area contributed by atoms with Crippen LogP contribution >= 0.6 is 11.3 Å². The van der Waals surface area contributed by atoms with Crippen molar-refractivity contribution in [1.82, 2.24) is 15.2 Å². The second-order valence-corrected chi connectivity index (χ2v) is 8.31. The molecule has 0 saturated carbocycles. The summed E-state index contributed by atoms with van der Waals surface area (Å²) in [5.74, 6) is 6.86. The third kappa shape index (κ3) is 5.67. The lowest BCUT2D eigenvalue weighted by Crippen LogP contribution is -2.39. The fourth-order valence-electron chi connectivity index (χ4n) is 2.34. The minimum absolute atomic E-state index is 0.0957. The van der Waals surface area contributed by atoms with Crippen LogP contribution < -0.4 is 10.1 Å². The van der Waals surface area contributed by atoms with Gasteiger partial charge in [-0.3, -0.25) is 4.79 Å². The molecule has 0 aliphatic carbocycles. The maximum Gasteiger partial charge on any atom is 0.277 e. The third-order valence-electron chi connectivity index (χ3n) is 3.58. The number of hydrogen-bond donors (Lipinski definition) is 1. The van der Waals surface area contributed by atoms with Crippen LogP contribution in [0.5, 0.6) is 5.19 Å². The van der Waals surface area contributed by atoms with Gasteiger partial charge in [-0.2, -0.15) is 0 Å². The first-order valence-electron chi connectivity index (χ1n) is 8.69. The van der Waals surface area contributed by atoms with Gasteiger partial charge in [0.15, 0.2) is 5.88 Å². The number of thiazole rings is 1. The zero-order chi connectivity index (χ0) is 19.3. The van der Waals surface area contributed by atoms with Gasteiger partial charge in [-0.25, -0.2) is 4.98 Å². The number of ether oxygens (including phenoxy) is 2. The summed E-state index contributed by atoms with van der Waals surface area (Å²) in [5.41, 5.74) is -0.0957. The summed E-state index contributed by atoms with van der Waals surface area (Å²) < 4.78 is 11.4. The molecule has 2 heterocycles. The van der Waals surface area contributed by atoms with Crippen LogP contribution in [0.15, 0.2) is 18.7 Å². The molecule has 1 amide bonds. The van der Waals surface area contributed by atoms with Crippen molar-refractivity contribution < 1.29 is 14.3 Å². The van der Waals surface area contributed by atoms with E-state index in [9.17, 15) is 4.79 Å². The van der Waals surface area contributed by atoms with E-state index in [0.29, 0.717) is 41.4 Å². The van der Waals surface area contributed by atoms with E-state index in [1.165, 1.54) is 17.5 Å². The summed E-state index contributed by atoms with van der Waals surface area (Å²) in [5, 5.41) is 3.24. The van der Waals surface area contributed by atoms with E-state index in [2.05, 4.69) is 49.5 Å². The van der Waals surface area contributed by atoms with E-state index >= 15 is 0 Å². The highest BCUT2D eigenvalue weighted by molar-refractivity contribution is 7.15. The summed E-state index contributed by atoms with van der Waals surface area (Å²) in [6.07, 6.45) is 1.67. The van der Waals surface area contributed by atoms with Gasteiger partial charge in [0.1, 0.15) is 4.88 Å². The van der Waals surface area contributed by atoms with Gasteiger partial charge in [-0.15, -0.1) is 11.8 Å². The van der Waals surface area contributed by atoms with Crippen LogP contribution in [0, 0.1) is 17.8 Å². The number of carbonyl (C=O) groups excluding carboxylic acids is 1. The Labute approximate surface area is 159 Å². The van der Waals surface area contributed by atoms with Crippen LogP contribution in [0.3, 0.4) is 0 Å². The highest BCUT2D eigenvalue weighted by Gasteiger charge is 2.35. The van der Waals surface area contributed by atoms with Crippen LogP contribution in [0.2, 0.25) is 0 Å². The minimum Gasteiger partial charge on any atom is -0.438 e. The molecule has 1 aliphatic rings. The molecule has 0 radical (unpaired) electrons. The van der Waals surface area contributed by atoms with Gasteiger partial charge >= 0.3 is 0 Å². The van der Waals surface area contributed by atoms with Crippen molar-refractivity contribution in [2.45, 2.75) is 52.9 Å². The van der Waals surface area contributed by atoms with E-state index in [-0.39, 0.29) is 11.4 Å².